The molecule has 0 unspecified atom stereocenters. The van der Waals surface area contributed by atoms with E-state index in [9.17, 15) is 5.26 Å². The first kappa shape index (κ1) is 25.6. The number of hydrogen-bond donors (Lipinski definition) is 0. The molecule has 4 aromatic carbocycles. The van der Waals surface area contributed by atoms with Crippen LogP contribution in [0.4, 0.5) is 0 Å². The number of para-hydroxylation sites is 1. The quantitative estimate of drug-likeness (QED) is 0.182. The molecule has 0 amide bonds. The van der Waals surface area contributed by atoms with E-state index in [1.54, 1.807) is 12.1 Å². The summed E-state index contributed by atoms with van der Waals surface area (Å²) >= 11 is 0. The zero-order chi connectivity index (χ0) is 34.4. The largest absolute Gasteiger partial charge is 0.457 e. The summed E-state index contributed by atoms with van der Waals surface area (Å²) in [6.07, 6.45) is 5.47. The monoisotopic (exact) mass is 604 g/mol. The Morgan fingerprint density at radius 1 is 0.783 bits per heavy atom. The van der Waals surface area contributed by atoms with Gasteiger partial charge in [0.2, 0.25) is 0 Å². The lowest BCUT2D eigenvalue weighted by atomic mass is 9.92. The summed E-state index contributed by atoms with van der Waals surface area (Å²) in [7, 11) is 0. The first-order chi connectivity index (χ1) is 23.5. The van der Waals surface area contributed by atoms with E-state index in [0.717, 1.165) is 33.1 Å². The summed E-state index contributed by atoms with van der Waals surface area (Å²) in [4.78, 5) is 9.34. The molecule has 0 saturated heterocycles. The number of rotatable bonds is 7. The Balaban J connectivity index is 1.27. The van der Waals surface area contributed by atoms with Crippen molar-refractivity contribution in [1.29, 1.82) is 5.26 Å². The number of nitriles is 1. The molecule has 3 heterocycles. The average molecular weight is 605 g/mol. The molecule has 0 aliphatic rings. The van der Waals surface area contributed by atoms with Gasteiger partial charge in [-0.15, -0.1) is 0 Å². The lowest BCUT2D eigenvalue weighted by molar-refractivity contribution is 0.483. The fourth-order valence-corrected chi connectivity index (χ4v) is 6.18. The third kappa shape index (κ3) is 5.20. The van der Waals surface area contributed by atoms with E-state index < -0.39 is 6.85 Å². The molecule has 46 heavy (non-hydrogen) atoms. The minimum atomic E-state index is -2.28. The van der Waals surface area contributed by atoms with Gasteiger partial charge in [-0.25, -0.2) is 9.97 Å². The maximum Gasteiger partial charge on any atom is 0.137 e. The zero-order valence-corrected chi connectivity index (χ0v) is 26.2. The van der Waals surface area contributed by atoms with Crippen LogP contribution in [0.2, 0.25) is 0 Å². The van der Waals surface area contributed by atoms with E-state index >= 15 is 0 Å². The molecule has 6 heteroatoms. The van der Waals surface area contributed by atoms with Gasteiger partial charge in [-0.2, -0.15) is 5.26 Å². The number of nitrogens with zero attached hydrogens (tertiary/aromatic N) is 5. The Hall–Kier alpha value is -5.67. The highest BCUT2D eigenvalue weighted by molar-refractivity contribution is 6.10. The first-order valence-electron chi connectivity index (χ1n) is 16.9. The molecule has 7 rings (SSSR count). The summed E-state index contributed by atoms with van der Waals surface area (Å²) in [6.45, 7) is 6.58. The Labute approximate surface area is 273 Å². The number of fused-ring (bicyclic) bond motifs is 3. The molecule has 7 aromatic rings. The molecule has 3 aromatic heterocycles. The van der Waals surface area contributed by atoms with Crippen molar-refractivity contribution in [2.75, 3.05) is 0 Å². The van der Waals surface area contributed by atoms with Crippen LogP contribution in [0.15, 0.2) is 110 Å². The van der Waals surface area contributed by atoms with E-state index in [4.69, 9.17) is 13.8 Å². The number of pyridine rings is 1. The molecule has 226 valence electrons. The van der Waals surface area contributed by atoms with Crippen molar-refractivity contribution in [3.63, 3.8) is 0 Å². The third-order valence-electron chi connectivity index (χ3n) is 8.39. The lowest BCUT2D eigenvalue weighted by Gasteiger charge is -2.20. The second kappa shape index (κ2) is 11.7. The fourth-order valence-electron chi connectivity index (χ4n) is 6.18. The number of aromatic nitrogens is 4. The Morgan fingerprint density at radius 2 is 1.57 bits per heavy atom. The standard InChI is InChI=1S/C40H35N5O/c1-25(2)32-10-7-11-33(26(3)4)40(32)44-23-36(43-24-44)29-8-6-9-30(20-29)46-31-13-14-34-35-19-28(22-41)12-15-37(35)45(38(34)21-31)39-18-27(5)16-17-42-39/h6-21,23-26H,1-5H3/i5D3. The van der Waals surface area contributed by atoms with Crippen molar-refractivity contribution < 1.29 is 8.85 Å². The Kier molecular flexibility index (Phi) is 6.51. The molecule has 0 bridgehead atoms. The van der Waals surface area contributed by atoms with Crippen LogP contribution < -0.4 is 4.74 Å². The smallest absolute Gasteiger partial charge is 0.137 e. The van der Waals surface area contributed by atoms with Gasteiger partial charge in [0.15, 0.2) is 0 Å². The SMILES string of the molecule is [2H]C([2H])([2H])c1ccnc(-n2c3ccc(C#N)cc3c3ccc(Oc4cccc(-c5cn(-c6c(C(C)C)cccc6C(C)C)cn5)c4)cc32)c1. The van der Waals surface area contributed by atoms with Crippen LogP contribution in [0.1, 0.15) is 65.9 Å². The maximum absolute atomic E-state index is 9.60. The minimum absolute atomic E-state index is 0.195. The summed E-state index contributed by atoms with van der Waals surface area (Å²) in [5.74, 6) is 2.43. The average Bonchev–Trinajstić information content (AvgIpc) is 3.70. The Bertz CT molecular complexity index is 2370. The van der Waals surface area contributed by atoms with Crippen LogP contribution in [-0.2, 0) is 0 Å². The molecule has 0 saturated carbocycles. The number of hydrogen-bond acceptors (Lipinski definition) is 4. The van der Waals surface area contributed by atoms with Gasteiger partial charge in [-0.1, -0.05) is 58.0 Å². The van der Waals surface area contributed by atoms with Crippen LogP contribution in [0.25, 0.3) is 44.6 Å². The summed E-state index contributed by atoms with van der Waals surface area (Å²) in [5.41, 5.74) is 7.81. The maximum atomic E-state index is 9.60. The molecule has 0 aliphatic heterocycles. The highest BCUT2D eigenvalue weighted by Crippen LogP contribution is 2.37. The van der Waals surface area contributed by atoms with Crippen molar-refractivity contribution in [1.82, 2.24) is 19.1 Å². The number of imidazole rings is 1. The molecule has 0 radical (unpaired) electrons. The van der Waals surface area contributed by atoms with Crippen LogP contribution >= 0.6 is 0 Å². The second-order valence-corrected chi connectivity index (χ2v) is 12.2. The predicted molar refractivity (Wildman–Crippen MR) is 185 cm³/mol. The van der Waals surface area contributed by atoms with E-state index in [0.29, 0.717) is 34.7 Å². The van der Waals surface area contributed by atoms with Gasteiger partial charge in [-0.3, -0.25) is 4.57 Å². The number of benzene rings is 4. The van der Waals surface area contributed by atoms with E-state index in [-0.39, 0.29) is 5.56 Å². The van der Waals surface area contributed by atoms with Crippen molar-refractivity contribution in [3.8, 4) is 40.3 Å². The third-order valence-corrected chi connectivity index (χ3v) is 8.39. The topological polar surface area (TPSA) is 68.7 Å². The van der Waals surface area contributed by atoms with Crippen molar-refractivity contribution in [2.24, 2.45) is 0 Å². The molecular formula is C40H35N5O. The van der Waals surface area contributed by atoms with Crippen LogP contribution in [-0.4, -0.2) is 19.1 Å². The van der Waals surface area contributed by atoms with Crippen molar-refractivity contribution in [2.45, 2.75) is 46.4 Å². The van der Waals surface area contributed by atoms with Gasteiger partial charge in [-0.05, 0) is 90.0 Å². The zero-order valence-electron chi connectivity index (χ0n) is 29.2. The fraction of sp³-hybridized carbons (Fsp3) is 0.175. The highest BCUT2D eigenvalue weighted by atomic mass is 16.5. The predicted octanol–water partition coefficient (Wildman–Crippen LogP) is 10.3. The molecule has 0 aliphatic carbocycles. The van der Waals surface area contributed by atoms with Crippen LogP contribution in [0, 0.1) is 18.2 Å². The summed E-state index contributed by atoms with van der Waals surface area (Å²) in [6, 6.07) is 30.9. The Morgan fingerprint density at radius 3 is 2.33 bits per heavy atom. The minimum Gasteiger partial charge on any atom is -0.457 e. The number of ether oxygens (including phenoxy) is 1. The molecule has 0 atom stereocenters. The van der Waals surface area contributed by atoms with Crippen molar-refractivity contribution >= 4 is 21.8 Å². The molecular weight excluding hydrogens is 566 g/mol. The lowest BCUT2D eigenvalue weighted by Crippen LogP contribution is -2.05. The highest BCUT2D eigenvalue weighted by Gasteiger charge is 2.18. The second-order valence-electron chi connectivity index (χ2n) is 12.2. The van der Waals surface area contributed by atoms with Gasteiger partial charge in [0.25, 0.3) is 0 Å². The first-order valence-corrected chi connectivity index (χ1v) is 15.4. The summed E-state index contributed by atoms with van der Waals surface area (Å²) in [5, 5.41) is 11.4. The van der Waals surface area contributed by atoms with Crippen molar-refractivity contribution in [3.05, 3.63) is 132 Å². The normalized spacial score (nSPS) is 12.8. The molecule has 6 nitrogen and oxygen atoms in total. The molecule has 0 N–H and O–H groups in total. The van der Waals surface area contributed by atoms with Crippen LogP contribution in [0.3, 0.4) is 0 Å². The van der Waals surface area contributed by atoms with Gasteiger partial charge in [0, 0.05) is 38.9 Å². The molecule has 0 fully saturated rings. The van der Waals surface area contributed by atoms with Gasteiger partial charge in [0.1, 0.15) is 17.3 Å². The van der Waals surface area contributed by atoms with Gasteiger partial charge >= 0.3 is 0 Å². The molecule has 0 spiro atoms. The van der Waals surface area contributed by atoms with Gasteiger partial charge < -0.3 is 9.30 Å². The van der Waals surface area contributed by atoms with Crippen LogP contribution in [0.5, 0.6) is 11.5 Å². The van der Waals surface area contributed by atoms with E-state index in [1.807, 2.05) is 65.5 Å². The summed E-state index contributed by atoms with van der Waals surface area (Å²) < 4.78 is 34.3. The van der Waals surface area contributed by atoms with Gasteiger partial charge in [0.05, 0.1) is 40.4 Å². The van der Waals surface area contributed by atoms with E-state index in [1.165, 1.54) is 29.1 Å². The number of aryl methyl sites for hydroxylation is 1. The van der Waals surface area contributed by atoms with E-state index in [2.05, 4.69) is 67.7 Å².